The Balaban J connectivity index is 2.22. The summed E-state index contributed by atoms with van der Waals surface area (Å²) in [4.78, 5) is 57.1. The fraction of sp³-hybridized carbons (Fsp3) is 0.722. The molecule has 1 fully saturated rings. The third-order valence-corrected chi connectivity index (χ3v) is 9.91. The number of nitrogens with zero attached hydrogens (tertiary/aromatic N) is 2. The molecular weight excluding hydrogens is 630 g/mol. The molecule has 0 radical (unpaired) electrons. The number of ether oxygens (including phenoxy) is 2. The lowest BCUT2D eigenvalue weighted by Crippen LogP contribution is -2.59. The number of rotatable bonds is 20. The van der Waals surface area contributed by atoms with Crippen molar-refractivity contribution >= 4 is 23.6 Å². The van der Waals surface area contributed by atoms with Gasteiger partial charge < -0.3 is 45.9 Å². The fourth-order valence-electron chi connectivity index (χ4n) is 6.77. The molecule has 1 saturated heterocycles. The molecule has 6 N–H and O–H groups in total. The van der Waals surface area contributed by atoms with Crippen LogP contribution in [-0.2, 0) is 35.1 Å². The van der Waals surface area contributed by atoms with E-state index in [0.29, 0.717) is 25.8 Å². The highest BCUT2D eigenvalue weighted by Gasteiger charge is 2.43. The maximum absolute atomic E-state index is 14.0. The minimum Gasteiger partial charge on any atom is -0.394 e. The number of hydrogen-bond acceptors (Lipinski definition) is 9. The number of nitrogens with two attached hydrogens (primary N) is 1. The normalized spacial score (nSPS) is 19.7. The van der Waals surface area contributed by atoms with Crippen LogP contribution in [0.25, 0.3) is 0 Å². The van der Waals surface area contributed by atoms with E-state index in [1.54, 1.807) is 23.8 Å². The smallest absolute Gasteiger partial charge is 0.245 e. The van der Waals surface area contributed by atoms with E-state index in [4.69, 9.17) is 15.2 Å². The lowest BCUT2D eigenvalue weighted by Gasteiger charge is -2.41. The summed E-state index contributed by atoms with van der Waals surface area (Å²) >= 11 is 0. The van der Waals surface area contributed by atoms with Crippen LogP contribution >= 0.6 is 0 Å². The second-order valence-electron chi connectivity index (χ2n) is 13.7. The van der Waals surface area contributed by atoms with Crippen LogP contribution in [0.5, 0.6) is 0 Å². The summed E-state index contributed by atoms with van der Waals surface area (Å²) in [5, 5.41) is 24.9. The van der Waals surface area contributed by atoms with Crippen molar-refractivity contribution in [1.29, 1.82) is 0 Å². The first kappa shape index (κ1) is 42.1. The van der Waals surface area contributed by atoms with E-state index in [-0.39, 0.29) is 48.6 Å². The third-order valence-electron chi connectivity index (χ3n) is 9.91. The maximum Gasteiger partial charge on any atom is 0.245 e. The Morgan fingerprint density at radius 2 is 1.65 bits per heavy atom. The topological polar surface area (TPSA) is 184 Å². The first-order valence-corrected chi connectivity index (χ1v) is 17.5. The molecule has 2 rings (SSSR count). The average molecular weight is 692 g/mol. The SMILES string of the molecule is CC[C@H](C)[C@@H]([C@@H](CC(=O)N1CCC[C@H]1[C@H](OC)[C@@H](C)C(=O)N[C@H](CO)Cc1ccccc1)OC)N(C)C(=O)[C@@H](NC(=O)[C@H](N)CO)C(C)C. The Bertz CT molecular complexity index is 1190. The van der Waals surface area contributed by atoms with Gasteiger partial charge in [-0.25, -0.2) is 0 Å². The largest absolute Gasteiger partial charge is 0.394 e. The molecule has 13 heteroatoms. The van der Waals surface area contributed by atoms with Gasteiger partial charge in [-0.2, -0.15) is 0 Å². The Morgan fingerprint density at radius 3 is 2.18 bits per heavy atom. The van der Waals surface area contributed by atoms with Gasteiger partial charge in [0.15, 0.2) is 0 Å². The summed E-state index contributed by atoms with van der Waals surface area (Å²) in [6.45, 7) is 9.12. The molecule has 0 saturated carbocycles. The molecule has 1 heterocycles. The summed E-state index contributed by atoms with van der Waals surface area (Å²) in [6.07, 6.45) is 1.34. The second-order valence-corrected chi connectivity index (χ2v) is 13.7. The van der Waals surface area contributed by atoms with Crippen LogP contribution in [0.3, 0.4) is 0 Å². The van der Waals surface area contributed by atoms with Gasteiger partial charge in [0, 0.05) is 27.8 Å². The van der Waals surface area contributed by atoms with Crippen LogP contribution in [0.2, 0.25) is 0 Å². The van der Waals surface area contributed by atoms with Crippen molar-refractivity contribution in [1.82, 2.24) is 20.4 Å². The molecule has 1 aliphatic heterocycles. The van der Waals surface area contributed by atoms with Gasteiger partial charge in [0.25, 0.3) is 0 Å². The highest BCUT2D eigenvalue weighted by Crippen LogP contribution is 2.29. The molecule has 278 valence electrons. The number of likely N-dealkylation sites (tertiary alicyclic amines) is 1. The van der Waals surface area contributed by atoms with E-state index >= 15 is 0 Å². The molecule has 1 aromatic carbocycles. The van der Waals surface area contributed by atoms with E-state index in [1.807, 2.05) is 58.0 Å². The van der Waals surface area contributed by atoms with E-state index < -0.39 is 54.8 Å². The highest BCUT2D eigenvalue weighted by molar-refractivity contribution is 5.90. The first-order chi connectivity index (χ1) is 23.2. The number of carbonyl (C=O) groups is 4. The van der Waals surface area contributed by atoms with Crippen molar-refractivity contribution < 1.29 is 38.9 Å². The Labute approximate surface area is 292 Å². The summed E-state index contributed by atoms with van der Waals surface area (Å²) in [7, 11) is 4.71. The Kier molecular flexibility index (Phi) is 17.6. The predicted molar refractivity (Wildman–Crippen MR) is 187 cm³/mol. The summed E-state index contributed by atoms with van der Waals surface area (Å²) in [5.74, 6) is -2.34. The standard InChI is InChI=1S/C36H61N5O8/c1-9-23(4)32(40(6)36(47)31(22(2)3)39-35(46)27(37)21-43)29(48-7)19-30(44)41-17-13-16-28(41)33(49-8)24(5)34(45)38-26(20-42)18-25-14-11-10-12-15-25/h10-12,14-15,22-24,26-29,31-33,42-43H,9,13,16-21,37H2,1-8H3,(H,38,45)(H,39,46)/t23-,24+,26-,27+,28-,29+,31-,32-,33+/m0/s1. The van der Waals surface area contributed by atoms with Crippen molar-refractivity contribution in [2.75, 3.05) is 41.0 Å². The van der Waals surface area contributed by atoms with Crippen LogP contribution in [0.15, 0.2) is 30.3 Å². The number of amides is 4. The average Bonchev–Trinajstić information content (AvgIpc) is 3.59. The van der Waals surface area contributed by atoms with Gasteiger partial charge in [0.05, 0.1) is 55.9 Å². The van der Waals surface area contributed by atoms with Crippen LogP contribution < -0.4 is 16.4 Å². The zero-order chi connectivity index (χ0) is 36.8. The number of benzene rings is 1. The van der Waals surface area contributed by atoms with E-state index in [0.717, 1.165) is 12.0 Å². The highest BCUT2D eigenvalue weighted by atomic mass is 16.5. The third kappa shape index (κ3) is 11.5. The molecule has 9 atom stereocenters. The lowest BCUT2D eigenvalue weighted by molar-refractivity contribution is -0.147. The molecular formula is C36H61N5O8. The molecule has 1 aromatic rings. The number of aliphatic hydroxyl groups excluding tert-OH is 2. The maximum atomic E-state index is 14.0. The molecule has 49 heavy (non-hydrogen) atoms. The number of carbonyl (C=O) groups excluding carboxylic acids is 4. The van der Waals surface area contributed by atoms with Crippen LogP contribution in [0.4, 0.5) is 0 Å². The second kappa shape index (κ2) is 20.5. The van der Waals surface area contributed by atoms with Gasteiger partial charge in [0.1, 0.15) is 12.1 Å². The molecule has 0 bridgehead atoms. The number of nitrogens with one attached hydrogen (secondary N) is 2. The monoisotopic (exact) mass is 691 g/mol. The lowest BCUT2D eigenvalue weighted by atomic mass is 9.89. The molecule has 0 spiro atoms. The van der Waals surface area contributed by atoms with Gasteiger partial charge >= 0.3 is 0 Å². The molecule has 13 nitrogen and oxygen atoms in total. The molecule has 0 aliphatic carbocycles. The minimum absolute atomic E-state index is 0.00556. The van der Waals surface area contributed by atoms with Gasteiger partial charge in [0.2, 0.25) is 23.6 Å². The summed E-state index contributed by atoms with van der Waals surface area (Å²) < 4.78 is 11.8. The van der Waals surface area contributed by atoms with Crippen molar-refractivity contribution in [2.45, 2.75) is 109 Å². The van der Waals surface area contributed by atoms with Gasteiger partial charge in [-0.15, -0.1) is 0 Å². The van der Waals surface area contributed by atoms with Gasteiger partial charge in [-0.3, -0.25) is 19.2 Å². The summed E-state index contributed by atoms with van der Waals surface area (Å²) in [6, 6.07) is 6.25. The number of aliphatic hydroxyl groups is 2. The molecule has 4 amide bonds. The molecule has 0 aromatic heterocycles. The zero-order valence-corrected chi connectivity index (χ0v) is 30.6. The van der Waals surface area contributed by atoms with E-state index in [2.05, 4.69) is 10.6 Å². The summed E-state index contributed by atoms with van der Waals surface area (Å²) in [5.41, 5.74) is 6.69. The van der Waals surface area contributed by atoms with Crippen molar-refractivity contribution in [3.63, 3.8) is 0 Å². The minimum atomic E-state index is -1.16. The quantitative estimate of drug-likeness (QED) is 0.134. The van der Waals surface area contributed by atoms with Crippen molar-refractivity contribution in [2.24, 2.45) is 23.5 Å². The molecule has 0 unspecified atom stereocenters. The van der Waals surface area contributed by atoms with E-state index in [9.17, 15) is 29.4 Å². The van der Waals surface area contributed by atoms with Crippen molar-refractivity contribution in [3.8, 4) is 0 Å². The van der Waals surface area contributed by atoms with Crippen molar-refractivity contribution in [3.05, 3.63) is 35.9 Å². The zero-order valence-electron chi connectivity index (χ0n) is 30.6. The number of likely N-dealkylation sites (N-methyl/N-ethyl adjacent to an activating group) is 1. The van der Waals surface area contributed by atoms with E-state index in [1.165, 1.54) is 14.2 Å². The Hall–Kier alpha value is -3.10. The Morgan fingerprint density at radius 1 is 1.00 bits per heavy atom. The fourth-order valence-corrected chi connectivity index (χ4v) is 6.77. The van der Waals surface area contributed by atoms with Crippen LogP contribution in [-0.4, -0.2) is 127 Å². The molecule has 1 aliphatic rings. The van der Waals surface area contributed by atoms with Crippen LogP contribution in [0, 0.1) is 17.8 Å². The van der Waals surface area contributed by atoms with Gasteiger partial charge in [-0.1, -0.05) is 71.4 Å². The first-order valence-electron chi connectivity index (χ1n) is 17.5. The van der Waals surface area contributed by atoms with Gasteiger partial charge in [-0.05, 0) is 36.7 Å². The van der Waals surface area contributed by atoms with Crippen LogP contribution in [0.1, 0.15) is 65.9 Å². The number of hydrogen-bond donors (Lipinski definition) is 5. The number of methoxy groups -OCH3 is 2. The predicted octanol–water partition coefficient (Wildman–Crippen LogP) is 1.09.